The highest BCUT2D eigenvalue weighted by Crippen LogP contribution is 2.28. The molecule has 0 radical (unpaired) electrons. The van der Waals surface area contributed by atoms with Crippen LogP contribution >= 0.6 is 0 Å². The fourth-order valence-electron chi connectivity index (χ4n) is 4.18. The number of rotatable bonds is 7. The third-order valence-corrected chi connectivity index (χ3v) is 5.75. The molecule has 5 rings (SSSR count). The molecule has 0 spiro atoms. The van der Waals surface area contributed by atoms with Gasteiger partial charge in [-0.1, -0.05) is 18.2 Å². The SMILES string of the molecule is O=C(NCCCOc1cccc2cccnc12)c1nn(-c2ccc(F)c(F)c2)c2c1CCC2. The van der Waals surface area contributed by atoms with Crippen molar-refractivity contribution in [2.45, 2.75) is 25.7 Å². The van der Waals surface area contributed by atoms with Crippen molar-refractivity contribution in [1.82, 2.24) is 20.1 Å². The summed E-state index contributed by atoms with van der Waals surface area (Å²) in [4.78, 5) is 17.2. The van der Waals surface area contributed by atoms with Crippen LogP contribution in [0.2, 0.25) is 0 Å². The molecule has 0 bridgehead atoms. The van der Waals surface area contributed by atoms with Crippen LogP contribution in [0.25, 0.3) is 16.6 Å². The van der Waals surface area contributed by atoms with Crippen molar-refractivity contribution in [3.63, 3.8) is 0 Å². The number of benzene rings is 2. The van der Waals surface area contributed by atoms with Crippen LogP contribution in [0, 0.1) is 11.6 Å². The van der Waals surface area contributed by atoms with Crippen LogP contribution < -0.4 is 10.1 Å². The van der Waals surface area contributed by atoms with Gasteiger partial charge in [-0.05, 0) is 49.9 Å². The lowest BCUT2D eigenvalue weighted by molar-refractivity contribution is 0.0945. The van der Waals surface area contributed by atoms with Gasteiger partial charge in [0.1, 0.15) is 11.3 Å². The number of nitrogens with one attached hydrogen (secondary N) is 1. The number of pyridine rings is 1. The summed E-state index contributed by atoms with van der Waals surface area (Å²) in [6.07, 6.45) is 4.71. The molecule has 1 aliphatic rings. The van der Waals surface area contributed by atoms with Crippen LogP contribution in [0.1, 0.15) is 34.6 Å². The molecule has 6 nitrogen and oxygen atoms in total. The Morgan fingerprint density at radius 3 is 2.85 bits per heavy atom. The minimum absolute atomic E-state index is 0.277. The van der Waals surface area contributed by atoms with E-state index in [1.807, 2.05) is 30.3 Å². The van der Waals surface area contributed by atoms with Gasteiger partial charge in [-0.25, -0.2) is 13.5 Å². The molecule has 1 aliphatic carbocycles. The molecule has 0 aliphatic heterocycles. The van der Waals surface area contributed by atoms with E-state index < -0.39 is 11.6 Å². The number of aromatic nitrogens is 3. The van der Waals surface area contributed by atoms with Gasteiger partial charge in [-0.15, -0.1) is 0 Å². The van der Waals surface area contributed by atoms with Gasteiger partial charge in [0, 0.05) is 35.5 Å². The standard InChI is InChI=1S/C25H22F2N4O2/c26-19-11-10-17(15-20(19)27)31-21-8-2-7-18(21)24(30-31)25(32)29-13-4-14-33-22-9-1-5-16-6-3-12-28-23(16)22/h1,3,5-6,9-12,15H,2,4,7-8,13-14H2,(H,29,32). The Morgan fingerprint density at radius 2 is 1.97 bits per heavy atom. The van der Waals surface area contributed by atoms with E-state index in [2.05, 4.69) is 15.4 Å². The van der Waals surface area contributed by atoms with Crippen molar-refractivity contribution in [3.05, 3.63) is 83.3 Å². The number of carbonyl (C=O) groups excluding carboxylic acids is 1. The highest BCUT2D eigenvalue weighted by molar-refractivity contribution is 5.94. The van der Waals surface area contributed by atoms with Gasteiger partial charge >= 0.3 is 0 Å². The largest absolute Gasteiger partial charge is 0.491 e. The normalized spacial score (nSPS) is 12.7. The third kappa shape index (κ3) is 4.16. The summed E-state index contributed by atoms with van der Waals surface area (Å²) in [6.45, 7) is 0.848. The zero-order chi connectivity index (χ0) is 22.8. The average Bonchev–Trinajstić information content (AvgIpc) is 3.44. The van der Waals surface area contributed by atoms with Crippen molar-refractivity contribution in [3.8, 4) is 11.4 Å². The van der Waals surface area contributed by atoms with Crippen molar-refractivity contribution in [2.75, 3.05) is 13.2 Å². The van der Waals surface area contributed by atoms with Gasteiger partial charge < -0.3 is 10.1 Å². The summed E-state index contributed by atoms with van der Waals surface area (Å²) >= 11 is 0. The Labute approximate surface area is 189 Å². The second-order valence-electron chi connectivity index (χ2n) is 7.93. The van der Waals surface area contributed by atoms with Gasteiger partial charge in [0.15, 0.2) is 17.3 Å². The fraction of sp³-hybridized carbons (Fsp3) is 0.240. The summed E-state index contributed by atoms with van der Waals surface area (Å²) in [7, 11) is 0. The Bertz CT molecular complexity index is 1330. The first-order chi connectivity index (χ1) is 16.1. The molecule has 33 heavy (non-hydrogen) atoms. The van der Waals surface area contributed by atoms with Crippen molar-refractivity contribution >= 4 is 16.8 Å². The predicted molar refractivity (Wildman–Crippen MR) is 120 cm³/mol. The zero-order valence-electron chi connectivity index (χ0n) is 17.9. The lowest BCUT2D eigenvalue weighted by atomic mass is 10.2. The number of para-hydroxylation sites is 1. The van der Waals surface area contributed by atoms with Gasteiger partial charge in [-0.3, -0.25) is 9.78 Å². The molecule has 2 aromatic carbocycles. The molecule has 0 saturated heterocycles. The highest BCUT2D eigenvalue weighted by Gasteiger charge is 2.27. The molecule has 8 heteroatoms. The first kappa shape index (κ1) is 21.1. The minimum atomic E-state index is -0.942. The Kier molecular flexibility index (Phi) is 5.73. The van der Waals surface area contributed by atoms with Crippen molar-refractivity contribution in [1.29, 1.82) is 0 Å². The Hall–Kier alpha value is -3.81. The second-order valence-corrected chi connectivity index (χ2v) is 7.93. The van der Waals surface area contributed by atoms with E-state index in [1.165, 1.54) is 6.07 Å². The van der Waals surface area contributed by atoms with E-state index in [9.17, 15) is 13.6 Å². The van der Waals surface area contributed by atoms with Crippen molar-refractivity contribution < 1.29 is 18.3 Å². The van der Waals surface area contributed by atoms with Gasteiger partial charge in [0.2, 0.25) is 0 Å². The number of hydrogen-bond donors (Lipinski definition) is 1. The highest BCUT2D eigenvalue weighted by atomic mass is 19.2. The van der Waals surface area contributed by atoms with Crippen LogP contribution in [-0.2, 0) is 12.8 Å². The summed E-state index contributed by atoms with van der Waals surface area (Å²) in [5.41, 5.74) is 3.30. The van der Waals surface area contributed by atoms with Crippen LogP contribution in [0.3, 0.4) is 0 Å². The maximum absolute atomic E-state index is 13.7. The van der Waals surface area contributed by atoms with E-state index in [0.717, 1.165) is 53.6 Å². The zero-order valence-corrected chi connectivity index (χ0v) is 17.9. The van der Waals surface area contributed by atoms with Gasteiger partial charge in [0.25, 0.3) is 5.91 Å². The molecule has 0 atom stereocenters. The van der Waals surface area contributed by atoms with Gasteiger partial charge in [0.05, 0.1) is 12.3 Å². The maximum Gasteiger partial charge on any atom is 0.272 e. The first-order valence-electron chi connectivity index (χ1n) is 10.9. The molecule has 0 saturated carbocycles. The van der Waals surface area contributed by atoms with E-state index in [1.54, 1.807) is 10.9 Å². The van der Waals surface area contributed by atoms with Crippen LogP contribution in [0.15, 0.2) is 54.7 Å². The smallest absolute Gasteiger partial charge is 0.272 e. The topological polar surface area (TPSA) is 69.0 Å². The quantitative estimate of drug-likeness (QED) is 0.426. The summed E-state index contributed by atoms with van der Waals surface area (Å²) in [5, 5.41) is 8.33. The van der Waals surface area contributed by atoms with Crippen LogP contribution in [-0.4, -0.2) is 33.8 Å². The number of halogens is 2. The minimum Gasteiger partial charge on any atom is -0.491 e. The van der Waals surface area contributed by atoms with Crippen molar-refractivity contribution in [2.24, 2.45) is 0 Å². The number of carbonyl (C=O) groups is 1. The number of amides is 1. The summed E-state index contributed by atoms with van der Waals surface area (Å²) < 4.78 is 34.5. The molecule has 0 fully saturated rings. The van der Waals surface area contributed by atoms with E-state index in [-0.39, 0.29) is 5.91 Å². The van der Waals surface area contributed by atoms with Crippen LogP contribution in [0.4, 0.5) is 8.78 Å². The Balaban J connectivity index is 1.22. The van der Waals surface area contributed by atoms with E-state index in [0.29, 0.717) is 36.7 Å². The van der Waals surface area contributed by atoms with Crippen LogP contribution in [0.5, 0.6) is 5.75 Å². The molecule has 2 heterocycles. The molecule has 2 aromatic heterocycles. The average molecular weight is 448 g/mol. The predicted octanol–water partition coefficient (Wildman–Crippen LogP) is 4.39. The lowest BCUT2D eigenvalue weighted by Crippen LogP contribution is -2.27. The number of hydrogen-bond acceptors (Lipinski definition) is 4. The fourth-order valence-corrected chi connectivity index (χ4v) is 4.18. The summed E-state index contributed by atoms with van der Waals surface area (Å²) in [6, 6.07) is 13.3. The third-order valence-electron chi connectivity index (χ3n) is 5.75. The lowest BCUT2D eigenvalue weighted by Gasteiger charge is -2.09. The summed E-state index contributed by atoms with van der Waals surface area (Å²) in [5.74, 6) is -1.42. The molecule has 1 amide bonds. The van der Waals surface area contributed by atoms with Gasteiger partial charge in [-0.2, -0.15) is 5.10 Å². The number of ether oxygens (including phenoxy) is 1. The van der Waals surface area contributed by atoms with E-state index in [4.69, 9.17) is 4.74 Å². The van der Waals surface area contributed by atoms with E-state index >= 15 is 0 Å². The number of fused-ring (bicyclic) bond motifs is 2. The number of nitrogens with zero attached hydrogens (tertiary/aromatic N) is 3. The maximum atomic E-state index is 13.7. The monoisotopic (exact) mass is 448 g/mol. The Morgan fingerprint density at radius 1 is 1.09 bits per heavy atom. The molecule has 1 N–H and O–H groups in total. The molecular formula is C25H22F2N4O2. The molecular weight excluding hydrogens is 426 g/mol. The second kappa shape index (κ2) is 8.97. The molecule has 0 unspecified atom stereocenters. The molecule has 4 aromatic rings. The first-order valence-corrected chi connectivity index (χ1v) is 10.9. The molecule has 168 valence electrons.